The molecule has 9 nitrogen and oxygen atoms in total. The van der Waals surface area contributed by atoms with Gasteiger partial charge >= 0.3 is 0 Å². The number of aromatic nitrogens is 1. The molecule has 0 bridgehead atoms. The summed E-state index contributed by atoms with van der Waals surface area (Å²) >= 11 is 2.82. The fraction of sp³-hybridized carbons (Fsp3) is 0.636. The van der Waals surface area contributed by atoms with Gasteiger partial charge in [0.05, 0.1) is 12.1 Å². The molecule has 1 aromatic heterocycles. The van der Waals surface area contributed by atoms with Gasteiger partial charge in [-0.3, -0.25) is 9.78 Å². The molecular formula is C33H47N3O6S2. The third-order valence-corrected chi connectivity index (χ3v) is 11.2. The first-order valence-corrected chi connectivity index (χ1v) is 17.9. The van der Waals surface area contributed by atoms with E-state index in [1.807, 2.05) is 49.5 Å². The number of nitrogens with zero attached hydrogens (tertiary/aromatic N) is 1. The van der Waals surface area contributed by atoms with Crippen LogP contribution in [0.4, 0.5) is 0 Å². The van der Waals surface area contributed by atoms with Gasteiger partial charge in [-0.2, -0.15) is 0 Å². The molecule has 2 unspecified atom stereocenters. The Balaban J connectivity index is 1.34. The molecule has 4 heterocycles. The summed E-state index contributed by atoms with van der Waals surface area (Å²) in [4.78, 5) is 19.2. The lowest BCUT2D eigenvalue weighted by Gasteiger charge is -2.44. The van der Waals surface area contributed by atoms with Crippen LogP contribution in [0.1, 0.15) is 40.0 Å². The molecular weight excluding hydrogens is 599 g/mol. The van der Waals surface area contributed by atoms with Crippen molar-refractivity contribution in [2.75, 3.05) is 19.4 Å². The summed E-state index contributed by atoms with van der Waals surface area (Å²) in [6.07, 6.45) is 3.36. The van der Waals surface area contributed by atoms with E-state index in [1.165, 1.54) is 11.8 Å². The Morgan fingerprint density at radius 1 is 1.09 bits per heavy atom. The normalized spacial score (nSPS) is 33.8. The number of amides is 1. The lowest BCUT2D eigenvalue weighted by molar-refractivity contribution is -0.205. The van der Waals surface area contributed by atoms with Crippen LogP contribution in [-0.2, 0) is 14.3 Å². The molecule has 5 rings (SSSR count). The van der Waals surface area contributed by atoms with Crippen molar-refractivity contribution in [3.05, 3.63) is 48.8 Å². The first kappa shape index (κ1) is 33.7. The summed E-state index contributed by atoms with van der Waals surface area (Å²) in [6, 6.07) is 10.8. The topological polar surface area (TPSA) is 133 Å². The van der Waals surface area contributed by atoms with Crippen LogP contribution >= 0.6 is 23.5 Å². The minimum Gasteiger partial charge on any atom is -0.388 e. The number of carbonyl (C=O) groups excluding carboxylic acids is 1. The first-order valence-electron chi connectivity index (χ1n) is 15.7. The average molecular weight is 646 g/mol. The molecule has 11 atom stereocenters. The average Bonchev–Trinajstić information content (AvgIpc) is 3.31. The predicted molar refractivity (Wildman–Crippen MR) is 174 cm³/mol. The Morgan fingerprint density at radius 3 is 2.55 bits per heavy atom. The minimum atomic E-state index is -1.40. The van der Waals surface area contributed by atoms with Crippen molar-refractivity contribution in [3.8, 4) is 11.1 Å². The van der Waals surface area contributed by atoms with Crippen LogP contribution in [-0.4, -0.2) is 98.9 Å². The maximum absolute atomic E-state index is 14.0. The number of ether oxygens (including phenoxy) is 2. The maximum atomic E-state index is 14.0. The molecule has 44 heavy (non-hydrogen) atoms. The fourth-order valence-corrected chi connectivity index (χ4v) is 8.68. The minimum absolute atomic E-state index is 0.207. The molecule has 5 N–H and O–H groups in total. The Morgan fingerprint density at radius 2 is 1.86 bits per heavy atom. The van der Waals surface area contributed by atoms with E-state index in [9.17, 15) is 20.1 Å². The van der Waals surface area contributed by atoms with Gasteiger partial charge in [-0.25, -0.2) is 0 Å². The maximum Gasteiger partial charge on any atom is 0.240 e. The van der Waals surface area contributed by atoms with Gasteiger partial charge in [-0.15, -0.1) is 23.5 Å². The van der Waals surface area contributed by atoms with Crippen molar-refractivity contribution in [2.24, 2.45) is 17.8 Å². The summed E-state index contributed by atoms with van der Waals surface area (Å²) in [5.74, 6) is 1.26. The van der Waals surface area contributed by atoms with Gasteiger partial charge in [0.2, 0.25) is 5.91 Å². The van der Waals surface area contributed by atoms with Crippen LogP contribution in [0.2, 0.25) is 0 Å². The highest BCUT2D eigenvalue weighted by Crippen LogP contribution is 2.36. The highest BCUT2D eigenvalue weighted by atomic mass is 32.2. The first-order chi connectivity index (χ1) is 21.2. The zero-order chi connectivity index (χ0) is 31.4. The summed E-state index contributed by atoms with van der Waals surface area (Å²) in [5.41, 5.74) is 1.33. The van der Waals surface area contributed by atoms with E-state index in [-0.39, 0.29) is 23.2 Å². The number of aliphatic hydroxyl groups excluding tert-OH is 3. The fourth-order valence-electron chi connectivity index (χ4n) is 6.91. The van der Waals surface area contributed by atoms with Crippen molar-refractivity contribution in [3.63, 3.8) is 0 Å². The van der Waals surface area contributed by atoms with Crippen molar-refractivity contribution < 1.29 is 29.6 Å². The van der Waals surface area contributed by atoms with Gasteiger partial charge in [0, 0.05) is 35.7 Å². The van der Waals surface area contributed by atoms with Gasteiger partial charge in [0.15, 0.2) is 0 Å². The second-order valence-corrected chi connectivity index (χ2v) is 15.2. The zero-order valence-corrected chi connectivity index (χ0v) is 27.5. The Kier molecular flexibility index (Phi) is 11.7. The van der Waals surface area contributed by atoms with E-state index in [0.717, 1.165) is 41.8 Å². The smallest absolute Gasteiger partial charge is 0.240 e. The van der Waals surface area contributed by atoms with Crippen LogP contribution in [0, 0.1) is 17.8 Å². The van der Waals surface area contributed by atoms with Crippen LogP contribution < -0.4 is 10.6 Å². The number of benzene rings is 1. The highest BCUT2D eigenvalue weighted by molar-refractivity contribution is 8.00. The predicted octanol–water partition coefficient (Wildman–Crippen LogP) is 3.31. The number of hydrogen-bond donors (Lipinski definition) is 5. The molecule has 2 aromatic rings. The Hall–Kier alpha value is -1.70. The van der Waals surface area contributed by atoms with E-state index >= 15 is 0 Å². The standard InChI is InChI=1S/C33H47N3O6S2/c1-18(2)14-20-11-13-41-30-23(15-20)17-35-26(30)32(40)36-25(31-28(38)27(37)29(39)33(42-31)43-4)19(3)44-24-9-7-21(8-10-24)22-6-5-12-34-16-22/h5-10,12,16,18-20,23,25-31,33,35,37-39H,11,13-15,17H2,1-4H3,(H,36,40)/t19-,20-,23-,25+,26-,27+,28?,29+,30+,31+,33?/m0/s1. The summed E-state index contributed by atoms with van der Waals surface area (Å²) in [7, 11) is 0. The summed E-state index contributed by atoms with van der Waals surface area (Å²) in [6.45, 7) is 7.84. The third-order valence-electron chi connectivity index (χ3n) is 9.13. The molecule has 242 valence electrons. The molecule has 1 amide bonds. The molecule has 3 aliphatic heterocycles. The summed E-state index contributed by atoms with van der Waals surface area (Å²) < 4.78 is 12.5. The molecule has 1 aromatic carbocycles. The van der Waals surface area contributed by atoms with Gasteiger partial charge in [0.25, 0.3) is 0 Å². The highest BCUT2D eigenvalue weighted by Gasteiger charge is 2.50. The van der Waals surface area contributed by atoms with Crippen molar-refractivity contribution in [2.45, 2.75) is 98.2 Å². The Labute approximate surface area is 269 Å². The van der Waals surface area contributed by atoms with Crippen LogP contribution in [0.15, 0.2) is 53.7 Å². The quantitative estimate of drug-likeness (QED) is 0.245. The number of hydrogen-bond acceptors (Lipinski definition) is 10. The van der Waals surface area contributed by atoms with E-state index < -0.39 is 41.9 Å². The second-order valence-electron chi connectivity index (χ2n) is 12.8. The molecule has 3 saturated heterocycles. The molecule has 0 saturated carbocycles. The van der Waals surface area contributed by atoms with E-state index in [0.29, 0.717) is 18.4 Å². The Bertz CT molecular complexity index is 1210. The van der Waals surface area contributed by atoms with Crippen molar-refractivity contribution >= 4 is 29.4 Å². The molecule has 0 aliphatic carbocycles. The van der Waals surface area contributed by atoms with Gasteiger partial charge in [-0.1, -0.05) is 39.0 Å². The molecule has 11 heteroatoms. The number of fused-ring (bicyclic) bond motifs is 1. The monoisotopic (exact) mass is 645 g/mol. The van der Waals surface area contributed by atoms with Crippen LogP contribution in [0.3, 0.4) is 0 Å². The zero-order valence-electron chi connectivity index (χ0n) is 25.9. The number of pyridine rings is 1. The number of rotatable bonds is 10. The number of thioether (sulfide) groups is 2. The lowest BCUT2D eigenvalue weighted by atomic mass is 9.85. The van der Waals surface area contributed by atoms with Gasteiger partial charge < -0.3 is 35.4 Å². The van der Waals surface area contributed by atoms with Crippen LogP contribution in [0.5, 0.6) is 0 Å². The van der Waals surface area contributed by atoms with E-state index in [2.05, 4.69) is 29.5 Å². The molecule has 0 radical (unpaired) electrons. The van der Waals surface area contributed by atoms with Gasteiger partial charge in [0.1, 0.15) is 35.9 Å². The second kappa shape index (κ2) is 15.3. The number of aliphatic hydroxyl groups is 3. The molecule has 0 spiro atoms. The number of carbonyl (C=O) groups is 1. The van der Waals surface area contributed by atoms with E-state index in [4.69, 9.17) is 9.47 Å². The molecule has 3 aliphatic rings. The summed E-state index contributed by atoms with van der Waals surface area (Å²) in [5, 5.41) is 38.7. The third kappa shape index (κ3) is 7.81. The lowest BCUT2D eigenvalue weighted by Crippen LogP contribution is -2.65. The number of nitrogens with one attached hydrogen (secondary N) is 2. The van der Waals surface area contributed by atoms with Gasteiger partial charge in [-0.05, 0) is 72.6 Å². The van der Waals surface area contributed by atoms with Crippen molar-refractivity contribution in [1.82, 2.24) is 15.6 Å². The van der Waals surface area contributed by atoms with E-state index in [1.54, 1.807) is 24.2 Å². The SMILES string of the molecule is CSC1O[C@H]([C@H](NC(=O)[C@H]2NC[C@@H]3C[C@H](CC(C)C)CCO[C@H]32)[C@H](C)Sc2ccc(-c3cccnc3)cc2)C(O)[C@@H](O)[C@H]1O. The van der Waals surface area contributed by atoms with Crippen molar-refractivity contribution in [1.29, 1.82) is 0 Å². The molecule has 3 fully saturated rings. The largest absolute Gasteiger partial charge is 0.388 e. The van der Waals surface area contributed by atoms with Crippen LogP contribution in [0.25, 0.3) is 11.1 Å².